The van der Waals surface area contributed by atoms with Crippen LogP contribution >= 0.6 is 15.9 Å². The molecule has 6 aromatic rings. The first kappa shape index (κ1) is 37.6. The first-order valence-corrected chi connectivity index (χ1v) is 20.1. The molecule has 0 saturated carbocycles. The van der Waals surface area contributed by atoms with Crippen LogP contribution in [0.15, 0.2) is 102 Å². The highest BCUT2D eigenvalue weighted by Crippen LogP contribution is 2.44. The molecule has 10 heterocycles. The van der Waals surface area contributed by atoms with Crippen LogP contribution in [0.4, 0.5) is 44.2 Å². The molecule has 4 aliphatic heterocycles. The van der Waals surface area contributed by atoms with E-state index in [-0.39, 0.29) is 24.1 Å². The summed E-state index contributed by atoms with van der Waals surface area (Å²) >= 11 is 3.68. The van der Waals surface area contributed by atoms with E-state index >= 15 is 0 Å². The van der Waals surface area contributed by atoms with Gasteiger partial charge in [0.25, 0.3) is 0 Å². The summed E-state index contributed by atoms with van der Waals surface area (Å²) in [6, 6.07) is 24.3. The largest absolute Gasteiger partial charge is 0.366 e. The number of aromatic nitrogens is 6. The first-order chi connectivity index (χ1) is 28.7. The normalized spacial score (nSPS) is 17.0. The highest BCUT2D eigenvalue weighted by atomic mass is 79.9. The number of carbonyl (C=O) groups excluding carboxylic acids is 2. The summed E-state index contributed by atoms with van der Waals surface area (Å²) in [5.41, 5.74) is 7.14. The summed E-state index contributed by atoms with van der Waals surface area (Å²) in [7, 11) is 0. The number of urea groups is 2. The number of aryl methyl sites for hydroxylation is 2. The Kier molecular flexibility index (Phi) is 10.0. The minimum Gasteiger partial charge on any atom is -0.366 e. The highest BCUT2D eigenvalue weighted by molar-refractivity contribution is 9.10. The molecule has 4 aliphatic rings. The van der Waals surface area contributed by atoms with Crippen molar-refractivity contribution in [2.45, 2.75) is 38.8 Å². The summed E-state index contributed by atoms with van der Waals surface area (Å²) in [5, 5.41) is 15.6. The Morgan fingerprint density at radius 2 is 1.19 bits per heavy atom. The Morgan fingerprint density at radius 3 is 1.68 bits per heavy atom. The molecule has 0 radical (unpaired) electrons. The SMILES string of the molecule is Cc1cc(-c2nc3c(cc2Br)N2CC[C@@H](C2)N3C(=O)Nc2ccccn2)ccn1.Cc1cc(-c2nc3c(cc2C#N)N2CC[C@@H](C2)N3C(=O)Nc2ccccn2)ccn1. The molecule has 4 amide bonds. The van der Waals surface area contributed by atoms with E-state index in [1.54, 1.807) is 52.8 Å². The fourth-order valence-corrected chi connectivity index (χ4v) is 8.64. The van der Waals surface area contributed by atoms with Crippen molar-refractivity contribution in [1.29, 1.82) is 5.26 Å². The van der Waals surface area contributed by atoms with Crippen LogP contribution < -0.4 is 30.2 Å². The van der Waals surface area contributed by atoms with Crippen LogP contribution in [0.25, 0.3) is 22.5 Å². The van der Waals surface area contributed by atoms with E-state index in [1.807, 2.05) is 62.4 Å². The van der Waals surface area contributed by atoms with E-state index in [9.17, 15) is 14.9 Å². The van der Waals surface area contributed by atoms with Gasteiger partial charge < -0.3 is 9.80 Å². The molecule has 2 saturated heterocycles. The van der Waals surface area contributed by atoms with Crippen molar-refractivity contribution in [2.75, 3.05) is 56.4 Å². The Labute approximate surface area is 348 Å². The summed E-state index contributed by atoms with van der Waals surface area (Å²) in [4.78, 5) is 61.1. The minimum absolute atomic E-state index is 0.0219. The molecule has 6 aromatic heterocycles. The van der Waals surface area contributed by atoms with E-state index < -0.39 is 0 Å². The maximum Gasteiger partial charge on any atom is 0.329 e. The standard InChI is InChI=1S/C22H19N7O.C21H19BrN6O/c1-14-10-15(5-8-24-14)20-16(12-23)11-18-21(27-20)29(17-6-9-28(18)13-17)22(30)26-19-4-2-3-7-25-19;1-13-10-14(5-8-23-13)19-16(22)11-17-20(26-19)28(15-6-9-27(17)12-15)21(29)25-18-4-2-3-7-24-18/h2-5,7-8,10-11,17H,6,9,13H2,1H3,(H,25,26,30);2-5,7-8,10-11,15H,6,9,12H2,1H3,(H,24,25,29)/t17-;15-/m00/s1. The number of hydrogen-bond donors (Lipinski definition) is 2. The number of amides is 4. The third-order valence-corrected chi connectivity index (χ3v) is 11.4. The Hall–Kier alpha value is -6.99. The number of anilines is 6. The number of nitrogens with one attached hydrogen (secondary N) is 2. The van der Waals surface area contributed by atoms with Crippen LogP contribution in [0, 0.1) is 25.2 Å². The Balaban J connectivity index is 0.000000152. The van der Waals surface area contributed by atoms with Crippen LogP contribution in [0.2, 0.25) is 0 Å². The van der Waals surface area contributed by atoms with Gasteiger partial charge in [-0.05, 0) is 103 Å². The molecule has 2 N–H and O–H groups in total. The number of halogens is 1. The van der Waals surface area contributed by atoms with Crippen molar-refractivity contribution < 1.29 is 9.59 Å². The lowest BCUT2D eigenvalue weighted by Crippen LogP contribution is -2.48. The van der Waals surface area contributed by atoms with E-state index in [0.29, 0.717) is 34.5 Å². The monoisotopic (exact) mass is 847 g/mol. The number of carbonyl (C=O) groups is 2. The molecule has 16 heteroatoms. The lowest BCUT2D eigenvalue weighted by atomic mass is 10.0. The molecule has 0 spiro atoms. The number of fused-ring (bicyclic) bond motifs is 8. The summed E-state index contributed by atoms with van der Waals surface area (Å²) in [6.07, 6.45) is 8.53. The van der Waals surface area contributed by atoms with Gasteiger partial charge in [0.2, 0.25) is 0 Å². The van der Waals surface area contributed by atoms with Crippen LogP contribution in [0.1, 0.15) is 29.8 Å². The number of pyridine rings is 6. The predicted molar refractivity (Wildman–Crippen MR) is 230 cm³/mol. The van der Waals surface area contributed by atoms with Crippen molar-refractivity contribution in [3.63, 3.8) is 0 Å². The molecular weight excluding hydrogens is 810 g/mol. The second-order valence-corrected chi connectivity index (χ2v) is 15.5. The molecule has 4 bridgehead atoms. The average Bonchev–Trinajstić information content (AvgIpc) is 3.87. The van der Waals surface area contributed by atoms with Gasteiger partial charge in [-0.15, -0.1) is 0 Å². The van der Waals surface area contributed by atoms with Crippen LogP contribution in [-0.4, -0.2) is 80.2 Å². The second-order valence-electron chi connectivity index (χ2n) is 14.7. The van der Waals surface area contributed by atoms with Crippen molar-refractivity contribution in [3.8, 4) is 28.6 Å². The molecular formula is C43H38BrN13O2. The zero-order valence-electron chi connectivity index (χ0n) is 32.2. The molecule has 2 fully saturated rings. The van der Waals surface area contributed by atoms with E-state index in [1.165, 1.54) is 0 Å². The van der Waals surface area contributed by atoms with Crippen LogP contribution in [-0.2, 0) is 0 Å². The van der Waals surface area contributed by atoms with Gasteiger partial charge in [0, 0.05) is 78.0 Å². The molecule has 0 aromatic carbocycles. The topological polar surface area (TPSA) is 172 Å². The van der Waals surface area contributed by atoms with Gasteiger partial charge in [-0.3, -0.25) is 30.4 Å². The molecule has 15 nitrogen and oxygen atoms in total. The van der Waals surface area contributed by atoms with Gasteiger partial charge >= 0.3 is 12.1 Å². The molecule has 59 heavy (non-hydrogen) atoms. The smallest absolute Gasteiger partial charge is 0.329 e. The van der Waals surface area contributed by atoms with Crippen molar-refractivity contribution >= 4 is 62.6 Å². The zero-order chi connectivity index (χ0) is 40.6. The number of nitriles is 1. The van der Waals surface area contributed by atoms with Gasteiger partial charge in [-0.25, -0.2) is 29.5 Å². The van der Waals surface area contributed by atoms with Crippen LogP contribution in [0.3, 0.4) is 0 Å². The lowest BCUT2D eigenvalue weighted by Gasteiger charge is -2.36. The molecule has 0 aliphatic carbocycles. The minimum atomic E-state index is -0.268. The fraction of sp³-hybridized carbons (Fsp3) is 0.233. The maximum atomic E-state index is 13.2. The summed E-state index contributed by atoms with van der Waals surface area (Å²) < 4.78 is 0.900. The molecule has 10 rings (SSSR count). The fourth-order valence-electron chi connectivity index (χ4n) is 8.10. The van der Waals surface area contributed by atoms with Gasteiger partial charge in [-0.2, -0.15) is 5.26 Å². The average molecular weight is 849 g/mol. The third kappa shape index (κ3) is 7.36. The Morgan fingerprint density at radius 1 is 0.678 bits per heavy atom. The molecule has 0 unspecified atom stereocenters. The molecule has 2 atom stereocenters. The van der Waals surface area contributed by atoms with Gasteiger partial charge in [-0.1, -0.05) is 12.1 Å². The van der Waals surface area contributed by atoms with Gasteiger partial charge in [0.15, 0.2) is 11.6 Å². The van der Waals surface area contributed by atoms with Crippen molar-refractivity contribution in [1.82, 2.24) is 29.9 Å². The zero-order valence-corrected chi connectivity index (χ0v) is 33.8. The van der Waals surface area contributed by atoms with Crippen molar-refractivity contribution in [3.05, 3.63) is 119 Å². The first-order valence-electron chi connectivity index (χ1n) is 19.3. The Bertz CT molecular complexity index is 2620. The van der Waals surface area contributed by atoms with E-state index in [4.69, 9.17) is 9.97 Å². The quantitative estimate of drug-likeness (QED) is 0.179. The van der Waals surface area contributed by atoms with Crippen LogP contribution in [0.5, 0.6) is 0 Å². The number of rotatable bonds is 4. The number of nitrogens with zero attached hydrogens (tertiary/aromatic N) is 11. The lowest BCUT2D eigenvalue weighted by molar-refractivity contribution is 0.254. The van der Waals surface area contributed by atoms with Gasteiger partial charge in [0.05, 0.1) is 40.4 Å². The third-order valence-electron chi connectivity index (χ3n) is 10.8. The summed E-state index contributed by atoms with van der Waals surface area (Å²) in [5.74, 6) is 2.27. The van der Waals surface area contributed by atoms with E-state index in [0.717, 1.165) is 83.1 Å². The second kappa shape index (κ2) is 15.7. The predicted octanol–water partition coefficient (Wildman–Crippen LogP) is 7.59. The highest BCUT2D eigenvalue weighted by Gasteiger charge is 2.42. The van der Waals surface area contributed by atoms with Gasteiger partial charge in [0.1, 0.15) is 17.7 Å². The maximum absolute atomic E-state index is 13.2. The van der Waals surface area contributed by atoms with E-state index in [2.05, 4.69) is 68.4 Å². The van der Waals surface area contributed by atoms with Crippen molar-refractivity contribution in [2.24, 2.45) is 0 Å². The number of hydrogen-bond acceptors (Lipinski definition) is 11. The molecule has 294 valence electrons. The summed E-state index contributed by atoms with van der Waals surface area (Å²) in [6.45, 7) is 7.12.